The number of nitrogens with zero attached hydrogens (tertiary/aromatic N) is 2. The fraction of sp³-hybridized carbons (Fsp3) is 0.462. The van der Waals surface area contributed by atoms with Gasteiger partial charge in [0.25, 0.3) is 0 Å². The Labute approximate surface area is 101 Å². The summed E-state index contributed by atoms with van der Waals surface area (Å²) >= 11 is 1.89. The van der Waals surface area contributed by atoms with E-state index in [4.69, 9.17) is 0 Å². The Balaban J connectivity index is 1.95. The second-order valence-electron chi connectivity index (χ2n) is 5.02. The zero-order valence-corrected chi connectivity index (χ0v) is 10.5. The van der Waals surface area contributed by atoms with Crippen LogP contribution in [-0.2, 0) is 0 Å². The lowest BCUT2D eigenvalue weighted by Crippen LogP contribution is -2.42. The molecule has 2 aliphatic heterocycles. The molecule has 1 fully saturated rings. The summed E-state index contributed by atoms with van der Waals surface area (Å²) in [5.74, 6) is 1.15. The fourth-order valence-electron chi connectivity index (χ4n) is 2.49. The third-order valence-corrected chi connectivity index (χ3v) is 4.74. The first-order valence-electron chi connectivity index (χ1n) is 5.70. The maximum Gasteiger partial charge on any atom is 0.160 e. The lowest BCUT2D eigenvalue weighted by Gasteiger charge is -2.35. The van der Waals surface area contributed by atoms with Gasteiger partial charge in [0.15, 0.2) is 5.17 Å². The number of rotatable bonds is 1. The molecule has 16 heavy (non-hydrogen) atoms. The number of hydrogen-bond donors (Lipinski definition) is 0. The summed E-state index contributed by atoms with van der Waals surface area (Å²) in [5.41, 5.74) is 1.62. The van der Waals surface area contributed by atoms with Gasteiger partial charge in [0.1, 0.15) is 0 Å². The van der Waals surface area contributed by atoms with Gasteiger partial charge in [0.2, 0.25) is 0 Å². The standard InChI is InChI=1S/C13H16N2S/c1-13(2)9-16-12-14-8-11(15(12)13)10-6-4-3-5-7-10/h3-7,11H,8-9H2,1-2H3. The number of benzene rings is 1. The molecular weight excluding hydrogens is 216 g/mol. The SMILES string of the molecule is CC1(C)CSC2=NCC(c3ccccc3)N21. The van der Waals surface area contributed by atoms with Crippen LogP contribution in [0, 0.1) is 0 Å². The second kappa shape index (κ2) is 3.52. The van der Waals surface area contributed by atoms with Gasteiger partial charge in [-0.2, -0.15) is 0 Å². The summed E-state index contributed by atoms with van der Waals surface area (Å²) in [4.78, 5) is 7.15. The Hall–Kier alpha value is -0.960. The van der Waals surface area contributed by atoms with Gasteiger partial charge < -0.3 is 4.90 Å². The molecule has 0 aromatic heterocycles. The van der Waals surface area contributed by atoms with E-state index < -0.39 is 0 Å². The van der Waals surface area contributed by atoms with Crippen LogP contribution in [0.4, 0.5) is 0 Å². The summed E-state index contributed by atoms with van der Waals surface area (Å²) in [6.45, 7) is 5.53. The average Bonchev–Trinajstić information content (AvgIpc) is 2.82. The minimum Gasteiger partial charge on any atom is -0.337 e. The first kappa shape index (κ1) is 10.2. The normalized spacial score (nSPS) is 26.8. The van der Waals surface area contributed by atoms with Gasteiger partial charge >= 0.3 is 0 Å². The lowest BCUT2D eigenvalue weighted by atomic mass is 10.00. The van der Waals surface area contributed by atoms with Crippen molar-refractivity contribution >= 4 is 16.9 Å². The van der Waals surface area contributed by atoms with E-state index in [0.717, 1.165) is 12.3 Å². The molecule has 0 aliphatic carbocycles. The molecule has 0 amide bonds. The van der Waals surface area contributed by atoms with E-state index in [-0.39, 0.29) is 5.54 Å². The van der Waals surface area contributed by atoms with Crippen molar-refractivity contribution in [1.29, 1.82) is 0 Å². The summed E-state index contributed by atoms with van der Waals surface area (Å²) in [6.07, 6.45) is 0. The molecule has 84 valence electrons. The zero-order valence-electron chi connectivity index (χ0n) is 9.68. The van der Waals surface area contributed by atoms with Crippen LogP contribution >= 0.6 is 11.8 Å². The minimum atomic E-state index is 0.237. The van der Waals surface area contributed by atoms with E-state index >= 15 is 0 Å². The largest absolute Gasteiger partial charge is 0.337 e. The van der Waals surface area contributed by atoms with Crippen molar-refractivity contribution in [2.45, 2.75) is 25.4 Å². The molecule has 0 N–H and O–H groups in total. The Morgan fingerprint density at radius 2 is 2.06 bits per heavy atom. The summed E-state index contributed by atoms with van der Waals surface area (Å²) in [7, 11) is 0. The molecule has 0 radical (unpaired) electrons. The van der Waals surface area contributed by atoms with Crippen molar-refractivity contribution in [3.63, 3.8) is 0 Å². The van der Waals surface area contributed by atoms with Crippen LogP contribution in [0.25, 0.3) is 0 Å². The molecular formula is C13H16N2S. The second-order valence-corrected chi connectivity index (χ2v) is 5.96. The molecule has 2 nitrogen and oxygen atoms in total. The van der Waals surface area contributed by atoms with E-state index in [0.29, 0.717) is 6.04 Å². The van der Waals surface area contributed by atoms with Gasteiger partial charge in [0.05, 0.1) is 12.6 Å². The van der Waals surface area contributed by atoms with Crippen LogP contribution in [0.15, 0.2) is 35.3 Å². The van der Waals surface area contributed by atoms with Gasteiger partial charge in [-0.3, -0.25) is 4.99 Å². The van der Waals surface area contributed by atoms with Crippen LogP contribution in [0.3, 0.4) is 0 Å². The van der Waals surface area contributed by atoms with Crippen LogP contribution < -0.4 is 0 Å². The lowest BCUT2D eigenvalue weighted by molar-refractivity contribution is 0.212. The van der Waals surface area contributed by atoms with Crippen molar-refractivity contribution in [3.05, 3.63) is 35.9 Å². The number of hydrogen-bond acceptors (Lipinski definition) is 3. The Morgan fingerprint density at radius 3 is 2.81 bits per heavy atom. The predicted molar refractivity (Wildman–Crippen MR) is 69.9 cm³/mol. The van der Waals surface area contributed by atoms with Crippen molar-refractivity contribution in [1.82, 2.24) is 4.90 Å². The van der Waals surface area contributed by atoms with Crippen LogP contribution in [0.1, 0.15) is 25.5 Å². The number of fused-ring (bicyclic) bond motifs is 1. The maximum atomic E-state index is 4.66. The molecule has 3 heteroatoms. The van der Waals surface area contributed by atoms with Crippen molar-refractivity contribution in [3.8, 4) is 0 Å². The highest BCUT2D eigenvalue weighted by Crippen LogP contribution is 2.43. The van der Waals surface area contributed by atoms with Gasteiger partial charge in [-0.25, -0.2) is 0 Å². The molecule has 0 bridgehead atoms. The molecule has 3 rings (SSSR count). The average molecular weight is 232 g/mol. The van der Waals surface area contributed by atoms with E-state index in [1.807, 2.05) is 11.8 Å². The van der Waals surface area contributed by atoms with Crippen molar-refractivity contribution in [2.75, 3.05) is 12.3 Å². The van der Waals surface area contributed by atoms with Crippen LogP contribution in [0.2, 0.25) is 0 Å². The van der Waals surface area contributed by atoms with Crippen molar-refractivity contribution < 1.29 is 0 Å². The Morgan fingerprint density at radius 1 is 1.31 bits per heavy atom. The van der Waals surface area contributed by atoms with Crippen molar-refractivity contribution in [2.24, 2.45) is 4.99 Å². The number of thioether (sulfide) groups is 1. The monoisotopic (exact) mass is 232 g/mol. The predicted octanol–water partition coefficient (Wildman–Crippen LogP) is 2.92. The van der Waals surface area contributed by atoms with E-state index in [1.54, 1.807) is 0 Å². The van der Waals surface area contributed by atoms with Gasteiger partial charge in [-0.1, -0.05) is 42.1 Å². The molecule has 2 aliphatic rings. The van der Waals surface area contributed by atoms with E-state index in [1.165, 1.54) is 10.7 Å². The molecule has 1 saturated heterocycles. The molecule has 1 aromatic rings. The first-order chi connectivity index (χ1) is 7.68. The maximum absolute atomic E-state index is 4.66. The minimum absolute atomic E-state index is 0.237. The number of aliphatic imine (C=N–C) groups is 1. The molecule has 1 aromatic carbocycles. The Bertz CT molecular complexity index is 425. The summed E-state index contributed by atoms with van der Waals surface area (Å²) in [5, 5.41) is 1.24. The quantitative estimate of drug-likeness (QED) is 0.740. The molecule has 2 heterocycles. The third-order valence-electron chi connectivity index (χ3n) is 3.31. The number of amidine groups is 1. The van der Waals surface area contributed by atoms with Crippen LogP contribution in [0.5, 0.6) is 0 Å². The first-order valence-corrected chi connectivity index (χ1v) is 6.68. The fourth-order valence-corrected chi connectivity index (χ4v) is 3.79. The highest BCUT2D eigenvalue weighted by atomic mass is 32.2. The molecule has 1 atom stereocenters. The zero-order chi connectivity index (χ0) is 11.2. The van der Waals surface area contributed by atoms with E-state index in [9.17, 15) is 0 Å². The molecule has 1 unspecified atom stereocenters. The topological polar surface area (TPSA) is 15.6 Å². The van der Waals surface area contributed by atoms with Gasteiger partial charge in [-0.05, 0) is 19.4 Å². The van der Waals surface area contributed by atoms with E-state index in [2.05, 4.69) is 54.1 Å². The Kier molecular flexibility index (Phi) is 2.25. The smallest absolute Gasteiger partial charge is 0.160 e. The summed E-state index contributed by atoms with van der Waals surface area (Å²) in [6, 6.07) is 11.2. The molecule has 0 spiro atoms. The third kappa shape index (κ3) is 1.46. The van der Waals surface area contributed by atoms with Crippen LogP contribution in [-0.4, -0.2) is 27.9 Å². The molecule has 0 saturated carbocycles. The van der Waals surface area contributed by atoms with Gasteiger partial charge in [-0.15, -0.1) is 0 Å². The highest BCUT2D eigenvalue weighted by Gasteiger charge is 2.44. The van der Waals surface area contributed by atoms with Gasteiger partial charge in [0, 0.05) is 11.3 Å². The highest BCUT2D eigenvalue weighted by molar-refractivity contribution is 8.14. The summed E-state index contributed by atoms with van der Waals surface area (Å²) < 4.78 is 0.